The van der Waals surface area contributed by atoms with E-state index in [9.17, 15) is 0 Å². The predicted molar refractivity (Wildman–Crippen MR) is 182 cm³/mol. The quantitative estimate of drug-likeness (QED) is 0.273. The molecular formula is C26H72MgN4Na2Si4+2. The van der Waals surface area contributed by atoms with Gasteiger partial charge in [0.1, 0.15) is 13.1 Å². The first kappa shape index (κ1) is 59.8. The van der Waals surface area contributed by atoms with Crippen molar-refractivity contribution in [1.82, 2.24) is 0 Å². The number of likely N-dealkylation sites (N-methyl/N-ethyl adjacent to an activating group) is 2. The van der Waals surface area contributed by atoms with Gasteiger partial charge in [0, 0.05) is 0 Å². The molecule has 0 amide bonds. The van der Waals surface area contributed by atoms with Gasteiger partial charge < -0.3 is 32.9 Å². The van der Waals surface area contributed by atoms with Crippen molar-refractivity contribution in [2.24, 2.45) is 0 Å². The Labute approximate surface area is 303 Å². The van der Waals surface area contributed by atoms with Crippen LogP contribution in [0.2, 0.25) is 78.6 Å². The topological polar surface area (TPSA) is 37.1 Å². The first-order valence-electron chi connectivity index (χ1n) is 13.5. The van der Waals surface area contributed by atoms with Crippen molar-refractivity contribution in [3.63, 3.8) is 0 Å². The van der Waals surface area contributed by atoms with Crippen molar-refractivity contribution in [2.45, 2.75) is 118 Å². The molecule has 2 N–H and O–H groups in total. The molecule has 0 unspecified atom stereocenters. The third-order valence-corrected chi connectivity index (χ3v) is 13.9. The molecule has 0 saturated heterocycles. The molecule has 4 nitrogen and oxygen atoms in total. The van der Waals surface area contributed by atoms with E-state index in [0.717, 1.165) is 12.8 Å². The molecule has 0 atom stereocenters. The van der Waals surface area contributed by atoms with Crippen LogP contribution in [0.4, 0.5) is 0 Å². The summed E-state index contributed by atoms with van der Waals surface area (Å²) >= 11 is 0. The summed E-state index contributed by atoms with van der Waals surface area (Å²) < 4.78 is 9.64. The Balaban J connectivity index is -0.0000000481. The fourth-order valence-corrected chi connectivity index (χ4v) is 18.6. The van der Waals surface area contributed by atoms with Gasteiger partial charge in [-0.05, 0) is 0 Å². The average Bonchev–Trinajstić information content (AvgIpc) is 2.55. The van der Waals surface area contributed by atoms with Crippen LogP contribution in [0.1, 0.15) is 39.5 Å². The summed E-state index contributed by atoms with van der Waals surface area (Å²) in [6.07, 6.45) is 4.56. The van der Waals surface area contributed by atoms with E-state index in [1.807, 2.05) is 0 Å². The van der Waals surface area contributed by atoms with E-state index in [1.54, 1.807) is 0 Å². The van der Waals surface area contributed by atoms with Crippen molar-refractivity contribution < 1.29 is 68.9 Å². The summed E-state index contributed by atoms with van der Waals surface area (Å²) in [6, 6.07) is 0. The Kier molecular flexibility index (Phi) is 54.9. The zero-order valence-electron chi connectivity index (χ0n) is 30.3. The second-order valence-electron chi connectivity index (χ2n) is 13.5. The first-order valence-corrected chi connectivity index (χ1v) is 27.3. The largest absolute Gasteiger partial charge is 2.00 e. The van der Waals surface area contributed by atoms with Crippen LogP contribution in [0.3, 0.4) is 0 Å². The summed E-state index contributed by atoms with van der Waals surface area (Å²) in [7, 11) is 4.31. The van der Waals surface area contributed by atoms with Crippen LogP contribution >= 0.6 is 0 Å². The molecule has 0 radical (unpaired) electrons. The molecule has 0 rings (SSSR count). The van der Waals surface area contributed by atoms with Crippen LogP contribution in [0, 0.1) is 13.8 Å². The summed E-state index contributed by atoms with van der Waals surface area (Å²) in [6.45, 7) is 41.5. The van der Waals surface area contributed by atoms with Gasteiger partial charge in [0.15, 0.2) is 0 Å². The van der Waals surface area contributed by atoms with Crippen molar-refractivity contribution in [3.05, 3.63) is 23.1 Å². The molecule has 214 valence electrons. The van der Waals surface area contributed by atoms with E-state index in [4.69, 9.17) is 9.30 Å². The molecule has 37 heavy (non-hydrogen) atoms. The predicted octanol–water partition coefficient (Wildman–Crippen LogP) is 0.204. The van der Waals surface area contributed by atoms with Gasteiger partial charge in [-0.1, -0.05) is 138 Å². The molecule has 0 fully saturated rings. The Hall–Kier alpha value is 3.47. The number of hydrogen-bond donors (Lipinski definition) is 2. The summed E-state index contributed by atoms with van der Waals surface area (Å²) in [5, 5.41) is 0. The molecule has 0 aliphatic carbocycles. The molecule has 0 aliphatic heterocycles. The molecule has 0 aromatic carbocycles. The van der Waals surface area contributed by atoms with Crippen molar-refractivity contribution in [1.29, 1.82) is 0 Å². The van der Waals surface area contributed by atoms with E-state index < -0.39 is 32.9 Å². The van der Waals surface area contributed by atoms with Gasteiger partial charge in [-0.15, -0.1) is 0 Å². The summed E-state index contributed by atoms with van der Waals surface area (Å²) in [5.41, 5.74) is 0. The number of quaternary nitrogens is 2. The van der Waals surface area contributed by atoms with Gasteiger partial charge in [0.2, 0.25) is 0 Å². The minimum Gasteiger partial charge on any atom is -0.668 e. The van der Waals surface area contributed by atoms with Gasteiger partial charge >= 0.3 is 82.2 Å². The fourth-order valence-electron chi connectivity index (χ4n) is 2.51. The maximum absolute atomic E-state index is 4.82. The van der Waals surface area contributed by atoms with E-state index >= 15 is 0 Å². The standard InChI is InChI=1S/C6H16N2.2C6H18NSi2.2C4H9.Mg.2Na/c1-7(2)5-6-8(3)4;2*1-8(2,3)7-9(4,5)6;2*1-3-4-2;;;/h5-6H2,1-4H3;2*1-6H3;2*1,3-4H2,2H3;;;/q;4*-1;+2;2*+1/p+2. The SMILES string of the molecule is C[NH+](C)CC[NH+](C)C.C[Si](C)(C)[N-][Si](C)(C)C.C[Si](C)(C)[N-][Si](C)(C)C.[CH2-]CCC.[CH2-]CCC.[Mg+2].[Na+].[Na+]. The van der Waals surface area contributed by atoms with Gasteiger partial charge in [-0.25, -0.2) is 0 Å². The third-order valence-electron chi connectivity index (χ3n) is 3.17. The van der Waals surface area contributed by atoms with E-state index in [0.29, 0.717) is 0 Å². The minimum absolute atomic E-state index is 0. The molecule has 11 heteroatoms. The van der Waals surface area contributed by atoms with Crippen LogP contribution in [0.25, 0.3) is 9.30 Å². The molecule has 0 aromatic heterocycles. The normalized spacial score (nSPS) is 10.9. The number of nitrogens with zero attached hydrogens (tertiary/aromatic N) is 2. The monoisotopic (exact) mass is 622 g/mol. The van der Waals surface area contributed by atoms with Crippen LogP contribution < -0.4 is 68.9 Å². The molecule has 0 aliphatic rings. The second-order valence-corrected chi connectivity index (χ2v) is 32.7. The van der Waals surface area contributed by atoms with E-state index in [2.05, 4.69) is 134 Å². The van der Waals surface area contributed by atoms with Crippen LogP contribution in [0.5, 0.6) is 0 Å². The average molecular weight is 624 g/mol. The number of rotatable bonds is 9. The Morgan fingerprint density at radius 2 is 0.622 bits per heavy atom. The summed E-state index contributed by atoms with van der Waals surface area (Å²) in [5.74, 6) is 0. The molecule has 0 aromatic rings. The Bertz CT molecular complexity index is 343. The number of unbranched alkanes of at least 4 members (excludes halogenated alkanes) is 2. The molecular weight excluding hydrogens is 551 g/mol. The van der Waals surface area contributed by atoms with Crippen molar-refractivity contribution in [2.75, 3.05) is 41.3 Å². The van der Waals surface area contributed by atoms with Crippen LogP contribution in [-0.2, 0) is 0 Å². The van der Waals surface area contributed by atoms with Crippen LogP contribution in [-0.4, -0.2) is 97.3 Å². The van der Waals surface area contributed by atoms with Gasteiger partial charge in [-0.2, -0.15) is 12.8 Å². The van der Waals surface area contributed by atoms with E-state index in [-0.39, 0.29) is 82.2 Å². The molecule has 0 bridgehead atoms. The zero-order valence-corrected chi connectivity index (χ0v) is 39.7. The van der Waals surface area contributed by atoms with Crippen molar-refractivity contribution in [3.8, 4) is 0 Å². The molecule has 0 saturated carbocycles. The fraction of sp³-hybridized carbons (Fsp3) is 0.923. The maximum Gasteiger partial charge on any atom is 2.00 e. The number of nitrogens with one attached hydrogen (secondary N) is 2. The summed E-state index contributed by atoms with van der Waals surface area (Å²) in [4.78, 5) is 3.07. The Morgan fingerprint density at radius 1 is 0.486 bits per heavy atom. The first-order chi connectivity index (χ1) is 14.9. The third kappa shape index (κ3) is 110. The smallest absolute Gasteiger partial charge is 0.668 e. The zero-order chi connectivity index (χ0) is 28.8. The Morgan fingerprint density at radius 3 is 0.649 bits per heavy atom. The molecule has 0 spiro atoms. The van der Waals surface area contributed by atoms with Gasteiger partial charge in [0.05, 0.1) is 28.2 Å². The van der Waals surface area contributed by atoms with Crippen molar-refractivity contribution >= 4 is 56.0 Å². The number of hydrogen-bond acceptors (Lipinski definition) is 0. The molecule has 0 heterocycles. The van der Waals surface area contributed by atoms with Gasteiger partial charge in [0.25, 0.3) is 0 Å². The van der Waals surface area contributed by atoms with Crippen LogP contribution in [0.15, 0.2) is 0 Å². The maximum atomic E-state index is 4.82. The second kappa shape index (κ2) is 34.0. The van der Waals surface area contributed by atoms with Gasteiger partial charge in [-0.3, -0.25) is 0 Å². The minimum atomic E-state index is -1.11. The van der Waals surface area contributed by atoms with E-state index in [1.165, 1.54) is 35.7 Å².